The lowest BCUT2D eigenvalue weighted by molar-refractivity contribution is -0.182. The van der Waals surface area contributed by atoms with Gasteiger partial charge in [-0.3, -0.25) is 9.69 Å². The summed E-state index contributed by atoms with van der Waals surface area (Å²) < 4.78 is 6.14. The Hall–Kier alpha value is -1.35. The summed E-state index contributed by atoms with van der Waals surface area (Å²) in [5.74, 6) is 0.345. The van der Waals surface area contributed by atoms with Crippen molar-refractivity contribution in [1.82, 2.24) is 4.90 Å². The van der Waals surface area contributed by atoms with Crippen molar-refractivity contribution in [2.24, 2.45) is 11.3 Å². The van der Waals surface area contributed by atoms with Crippen LogP contribution >= 0.6 is 0 Å². The van der Waals surface area contributed by atoms with E-state index in [0.717, 1.165) is 18.5 Å². The molecule has 1 aliphatic heterocycles. The van der Waals surface area contributed by atoms with E-state index < -0.39 is 5.60 Å². The molecule has 3 nitrogen and oxygen atoms in total. The summed E-state index contributed by atoms with van der Waals surface area (Å²) >= 11 is 0. The number of carbonyl (C=O) groups excluding carboxylic acids is 1. The second-order valence-electron chi connectivity index (χ2n) is 7.97. The van der Waals surface area contributed by atoms with E-state index in [2.05, 4.69) is 51.8 Å². The molecule has 23 heavy (non-hydrogen) atoms. The number of ether oxygens (including phenoxy) is 1. The molecule has 0 N–H and O–H groups in total. The molecule has 0 saturated carbocycles. The van der Waals surface area contributed by atoms with Crippen molar-refractivity contribution in [1.29, 1.82) is 0 Å². The van der Waals surface area contributed by atoms with Crippen LogP contribution in [0, 0.1) is 11.3 Å². The normalized spacial score (nSPS) is 29.3. The number of hydrogen-bond acceptors (Lipinski definition) is 3. The monoisotopic (exact) mass is 317 g/mol. The number of rotatable bonds is 3. The third-order valence-electron chi connectivity index (χ3n) is 5.47. The van der Waals surface area contributed by atoms with Gasteiger partial charge >= 0.3 is 5.97 Å². The molecule has 0 amide bonds. The number of likely N-dealkylation sites (N-methyl/N-ethyl adjacent to an activating group) is 1. The van der Waals surface area contributed by atoms with Crippen molar-refractivity contribution in [3.8, 4) is 0 Å². The van der Waals surface area contributed by atoms with Gasteiger partial charge in [0.25, 0.3) is 0 Å². The smallest absolute Gasteiger partial charge is 0.306 e. The first-order valence-corrected chi connectivity index (χ1v) is 8.68. The fourth-order valence-electron chi connectivity index (χ4n) is 3.58. The van der Waals surface area contributed by atoms with Gasteiger partial charge in [0.1, 0.15) is 0 Å². The second kappa shape index (κ2) is 6.64. The van der Waals surface area contributed by atoms with Crippen LogP contribution in [-0.2, 0) is 15.1 Å². The van der Waals surface area contributed by atoms with E-state index >= 15 is 0 Å². The van der Waals surface area contributed by atoms with Gasteiger partial charge in [0.2, 0.25) is 0 Å². The van der Waals surface area contributed by atoms with Crippen molar-refractivity contribution < 1.29 is 9.53 Å². The maximum absolute atomic E-state index is 12.2. The molecule has 2 rings (SSSR count). The van der Waals surface area contributed by atoms with Crippen molar-refractivity contribution >= 4 is 5.97 Å². The molecule has 128 valence electrons. The van der Waals surface area contributed by atoms with Crippen LogP contribution in [0.25, 0.3) is 0 Å². The van der Waals surface area contributed by atoms with Crippen LogP contribution in [0.15, 0.2) is 30.3 Å². The number of benzene rings is 1. The molecule has 1 aliphatic rings. The highest BCUT2D eigenvalue weighted by Gasteiger charge is 2.50. The Balaban J connectivity index is 2.51. The summed E-state index contributed by atoms with van der Waals surface area (Å²) in [5.41, 5.74) is 0.710. The van der Waals surface area contributed by atoms with Crippen molar-refractivity contribution in [3.05, 3.63) is 35.9 Å². The van der Waals surface area contributed by atoms with Gasteiger partial charge in [0.15, 0.2) is 5.60 Å². The molecule has 0 bridgehead atoms. The highest BCUT2D eigenvalue weighted by atomic mass is 16.6. The molecule has 0 spiro atoms. The summed E-state index contributed by atoms with van der Waals surface area (Å²) in [7, 11) is 2.14. The Kier molecular flexibility index (Phi) is 5.20. The summed E-state index contributed by atoms with van der Waals surface area (Å²) in [6, 6.07) is 10.4. The summed E-state index contributed by atoms with van der Waals surface area (Å²) in [6.45, 7) is 11.9. The molecule has 0 unspecified atom stereocenters. The molecule has 3 atom stereocenters. The Morgan fingerprint density at radius 3 is 2.43 bits per heavy atom. The zero-order valence-electron chi connectivity index (χ0n) is 15.4. The molecule has 1 saturated heterocycles. The standard InChI is InChI=1S/C20H31NO2/c1-7-18(22)23-20(16-11-9-8-10-12-16)13-17(19(3,4)5)14-21(6)15(20)2/h8-12,15,17H,7,13-14H2,1-6H3/t15-,17+,20+/m1/s1. The predicted octanol–water partition coefficient (Wildman–Crippen LogP) is 4.22. The van der Waals surface area contributed by atoms with Gasteiger partial charge in [-0.15, -0.1) is 0 Å². The van der Waals surface area contributed by atoms with Crippen LogP contribution < -0.4 is 0 Å². The molecular weight excluding hydrogens is 286 g/mol. The second-order valence-corrected chi connectivity index (χ2v) is 7.97. The van der Waals surface area contributed by atoms with Crippen LogP contribution in [0.3, 0.4) is 0 Å². The molecule has 1 aromatic carbocycles. The van der Waals surface area contributed by atoms with E-state index in [0.29, 0.717) is 12.3 Å². The lowest BCUT2D eigenvalue weighted by Crippen LogP contribution is -2.58. The van der Waals surface area contributed by atoms with Gasteiger partial charge in [-0.05, 0) is 37.3 Å². The topological polar surface area (TPSA) is 29.5 Å². The highest BCUT2D eigenvalue weighted by Crippen LogP contribution is 2.47. The molecule has 1 fully saturated rings. The third-order valence-corrected chi connectivity index (χ3v) is 5.47. The number of esters is 1. The third kappa shape index (κ3) is 3.60. The van der Waals surface area contributed by atoms with E-state index in [4.69, 9.17) is 4.74 Å². The molecule has 1 aromatic rings. The van der Waals surface area contributed by atoms with E-state index in [1.165, 1.54) is 0 Å². The quantitative estimate of drug-likeness (QED) is 0.782. The minimum atomic E-state index is -0.570. The van der Waals surface area contributed by atoms with E-state index in [9.17, 15) is 4.79 Å². The van der Waals surface area contributed by atoms with E-state index in [1.807, 2.05) is 25.1 Å². The molecule has 0 aliphatic carbocycles. The molecule has 0 aromatic heterocycles. The van der Waals surface area contributed by atoms with Gasteiger partial charge < -0.3 is 4.74 Å². The predicted molar refractivity (Wildman–Crippen MR) is 94.2 cm³/mol. The van der Waals surface area contributed by atoms with Crippen molar-refractivity contribution in [2.45, 2.75) is 59.1 Å². The fourth-order valence-corrected chi connectivity index (χ4v) is 3.58. The van der Waals surface area contributed by atoms with Gasteiger partial charge in [-0.2, -0.15) is 0 Å². The molecule has 0 radical (unpaired) electrons. The average Bonchev–Trinajstić information content (AvgIpc) is 2.51. The molecule has 1 heterocycles. The fraction of sp³-hybridized carbons (Fsp3) is 0.650. The highest BCUT2D eigenvalue weighted by molar-refractivity contribution is 5.70. The van der Waals surface area contributed by atoms with Crippen LogP contribution in [0.1, 0.15) is 53.0 Å². The first-order chi connectivity index (χ1) is 10.7. The molecular formula is C20H31NO2. The van der Waals surface area contributed by atoms with Crippen LogP contribution in [0.2, 0.25) is 0 Å². The lowest BCUT2D eigenvalue weighted by Gasteiger charge is -2.52. The molecule has 3 heteroatoms. The Bertz CT molecular complexity index is 534. The van der Waals surface area contributed by atoms with Gasteiger partial charge in [0.05, 0.1) is 6.04 Å². The van der Waals surface area contributed by atoms with Crippen LogP contribution in [0.5, 0.6) is 0 Å². The van der Waals surface area contributed by atoms with Crippen LogP contribution in [-0.4, -0.2) is 30.5 Å². The summed E-state index contributed by atoms with van der Waals surface area (Å²) in [4.78, 5) is 14.6. The zero-order chi connectivity index (χ0) is 17.3. The van der Waals surface area contributed by atoms with Crippen molar-refractivity contribution in [2.75, 3.05) is 13.6 Å². The number of likely N-dealkylation sites (tertiary alicyclic amines) is 1. The number of piperidine rings is 1. The minimum absolute atomic E-state index is 0.122. The van der Waals surface area contributed by atoms with Gasteiger partial charge in [0, 0.05) is 13.0 Å². The number of carbonyl (C=O) groups is 1. The van der Waals surface area contributed by atoms with Gasteiger partial charge in [-0.1, -0.05) is 58.0 Å². The van der Waals surface area contributed by atoms with Gasteiger partial charge in [-0.25, -0.2) is 0 Å². The summed E-state index contributed by atoms with van der Waals surface area (Å²) in [5, 5.41) is 0. The first kappa shape index (κ1) is 18.0. The largest absolute Gasteiger partial charge is 0.452 e. The Morgan fingerprint density at radius 1 is 1.30 bits per heavy atom. The van der Waals surface area contributed by atoms with Crippen molar-refractivity contribution in [3.63, 3.8) is 0 Å². The zero-order valence-corrected chi connectivity index (χ0v) is 15.4. The average molecular weight is 317 g/mol. The summed E-state index contributed by atoms with van der Waals surface area (Å²) in [6.07, 6.45) is 1.28. The van der Waals surface area contributed by atoms with Crippen LogP contribution in [0.4, 0.5) is 0 Å². The first-order valence-electron chi connectivity index (χ1n) is 8.68. The Labute approximate surface area is 141 Å². The maximum atomic E-state index is 12.2. The van der Waals surface area contributed by atoms with E-state index in [1.54, 1.807) is 0 Å². The lowest BCUT2D eigenvalue weighted by atomic mass is 9.67. The maximum Gasteiger partial charge on any atom is 0.306 e. The number of nitrogens with zero attached hydrogens (tertiary/aromatic N) is 1. The van der Waals surface area contributed by atoms with E-state index in [-0.39, 0.29) is 17.4 Å². The SMILES string of the molecule is CCC(=O)O[C@@]1(c2ccccc2)C[C@H](C(C)(C)C)CN(C)[C@@H]1C. The minimum Gasteiger partial charge on any atom is -0.452 e. The number of hydrogen-bond donors (Lipinski definition) is 0. The Morgan fingerprint density at radius 2 is 1.91 bits per heavy atom.